The van der Waals surface area contributed by atoms with E-state index in [1.807, 2.05) is 49.0 Å². The van der Waals surface area contributed by atoms with Gasteiger partial charge in [-0.25, -0.2) is 0 Å². The second kappa shape index (κ2) is 8.29. The van der Waals surface area contributed by atoms with Crippen LogP contribution in [0.1, 0.15) is 24.7 Å². The van der Waals surface area contributed by atoms with Gasteiger partial charge >= 0.3 is 0 Å². The fourth-order valence-corrected chi connectivity index (χ4v) is 3.40. The maximum Gasteiger partial charge on any atom is 0.228 e. The largest absolute Gasteiger partial charge is 0.467 e. The zero-order chi connectivity index (χ0) is 19.4. The molecule has 6 nitrogen and oxygen atoms in total. The average molecular weight is 369 g/mol. The van der Waals surface area contributed by atoms with Gasteiger partial charge in [-0.1, -0.05) is 12.1 Å². The Morgan fingerprint density at radius 3 is 2.56 bits per heavy atom. The Bertz CT molecular complexity index is 768. The molecule has 0 spiro atoms. The van der Waals surface area contributed by atoms with Crippen LogP contribution in [0.15, 0.2) is 47.1 Å². The number of likely N-dealkylation sites (tertiary alicyclic amines) is 1. The van der Waals surface area contributed by atoms with Crippen LogP contribution in [-0.2, 0) is 22.7 Å². The predicted octanol–water partition coefficient (Wildman–Crippen LogP) is 2.74. The lowest BCUT2D eigenvalue weighted by atomic mass is 10.1. The van der Waals surface area contributed by atoms with Crippen LogP contribution < -0.4 is 4.90 Å². The summed E-state index contributed by atoms with van der Waals surface area (Å²) in [6, 6.07) is 11.9. The second-order valence-corrected chi connectivity index (χ2v) is 7.17. The molecule has 1 aliphatic rings. The SMILES string of the molecule is CCN(Cc1ccc(N(C)C)cc1)C(=O)C1CC(=O)N(Cc2ccco2)C1. The minimum atomic E-state index is -0.284. The number of rotatable bonds is 7. The van der Waals surface area contributed by atoms with E-state index in [0.717, 1.165) is 17.0 Å². The summed E-state index contributed by atoms with van der Waals surface area (Å²) in [7, 11) is 4.00. The standard InChI is InChI=1S/C21H27N3O3/c1-4-23(13-16-7-9-18(10-8-16)22(2)3)21(26)17-12-20(25)24(14-17)15-19-6-5-11-27-19/h5-11,17H,4,12-15H2,1-3H3. The molecular formula is C21H27N3O3. The van der Waals surface area contributed by atoms with Crippen molar-refractivity contribution in [2.45, 2.75) is 26.4 Å². The molecule has 3 rings (SSSR count). The van der Waals surface area contributed by atoms with Gasteiger partial charge in [0.15, 0.2) is 0 Å². The Labute approximate surface area is 160 Å². The Hall–Kier alpha value is -2.76. The monoisotopic (exact) mass is 369 g/mol. The van der Waals surface area contributed by atoms with Crippen LogP contribution in [0, 0.1) is 5.92 Å². The molecule has 1 saturated heterocycles. The first kappa shape index (κ1) is 19.0. The first-order chi connectivity index (χ1) is 13.0. The van der Waals surface area contributed by atoms with Gasteiger partial charge in [0, 0.05) is 45.8 Å². The minimum Gasteiger partial charge on any atom is -0.467 e. The van der Waals surface area contributed by atoms with Gasteiger partial charge < -0.3 is 19.1 Å². The smallest absolute Gasteiger partial charge is 0.228 e. The van der Waals surface area contributed by atoms with Gasteiger partial charge in [0.25, 0.3) is 0 Å². The van der Waals surface area contributed by atoms with Gasteiger partial charge in [0.2, 0.25) is 11.8 Å². The lowest BCUT2D eigenvalue weighted by Crippen LogP contribution is -2.36. The molecule has 1 unspecified atom stereocenters. The molecule has 1 atom stereocenters. The Morgan fingerprint density at radius 1 is 1.22 bits per heavy atom. The van der Waals surface area contributed by atoms with Gasteiger partial charge in [0.05, 0.1) is 18.7 Å². The molecule has 6 heteroatoms. The van der Waals surface area contributed by atoms with E-state index < -0.39 is 0 Å². The molecule has 1 aliphatic heterocycles. The molecule has 0 N–H and O–H groups in total. The van der Waals surface area contributed by atoms with Gasteiger partial charge in [0.1, 0.15) is 5.76 Å². The van der Waals surface area contributed by atoms with Gasteiger partial charge in [-0.2, -0.15) is 0 Å². The van der Waals surface area contributed by atoms with E-state index in [4.69, 9.17) is 4.42 Å². The van der Waals surface area contributed by atoms with Crippen LogP contribution in [0.5, 0.6) is 0 Å². The summed E-state index contributed by atoms with van der Waals surface area (Å²) in [4.78, 5) is 30.8. The normalized spacial score (nSPS) is 16.6. The Balaban J connectivity index is 1.61. The zero-order valence-electron chi connectivity index (χ0n) is 16.2. The van der Waals surface area contributed by atoms with Crippen molar-refractivity contribution in [3.8, 4) is 0 Å². The third-order valence-electron chi connectivity index (χ3n) is 5.01. The van der Waals surface area contributed by atoms with Crippen molar-refractivity contribution in [3.05, 3.63) is 54.0 Å². The molecule has 1 fully saturated rings. The molecule has 0 bridgehead atoms. The van der Waals surface area contributed by atoms with E-state index in [1.54, 1.807) is 17.2 Å². The van der Waals surface area contributed by atoms with Gasteiger partial charge in [-0.3, -0.25) is 9.59 Å². The number of nitrogens with zero attached hydrogens (tertiary/aromatic N) is 3. The van der Waals surface area contributed by atoms with Crippen molar-refractivity contribution < 1.29 is 14.0 Å². The van der Waals surface area contributed by atoms with Crippen molar-refractivity contribution in [2.75, 3.05) is 32.1 Å². The van der Waals surface area contributed by atoms with E-state index in [-0.39, 0.29) is 24.2 Å². The highest BCUT2D eigenvalue weighted by Crippen LogP contribution is 2.23. The molecular weight excluding hydrogens is 342 g/mol. The summed E-state index contributed by atoms with van der Waals surface area (Å²) in [5.74, 6) is 0.513. The van der Waals surface area contributed by atoms with Crippen molar-refractivity contribution in [1.29, 1.82) is 0 Å². The van der Waals surface area contributed by atoms with Gasteiger partial charge in [-0.15, -0.1) is 0 Å². The lowest BCUT2D eigenvalue weighted by Gasteiger charge is -2.24. The van der Waals surface area contributed by atoms with Crippen molar-refractivity contribution in [3.63, 3.8) is 0 Å². The van der Waals surface area contributed by atoms with Crippen molar-refractivity contribution in [2.24, 2.45) is 5.92 Å². The summed E-state index contributed by atoms with van der Waals surface area (Å²) in [5, 5.41) is 0. The Kier molecular flexibility index (Phi) is 5.84. The molecule has 1 aromatic carbocycles. The van der Waals surface area contributed by atoms with Gasteiger partial charge in [-0.05, 0) is 36.8 Å². The summed E-state index contributed by atoms with van der Waals surface area (Å²) >= 11 is 0. The number of anilines is 1. The van der Waals surface area contributed by atoms with E-state index in [0.29, 0.717) is 26.2 Å². The van der Waals surface area contributed by atoms with E-state index in [2.05, 4.69) is 12.1 Å². The number of hydrogen-bond acceptors (Lipinski definition) is 4. The number of hydrogen-bond donors (Lipinski definition) is 0. The maximum atomic E-state index is 13.0. The number of carbonyl (C=O) groups is 2. The van der Waals surface area contributed by atoms with Crippen LogP contribution in [0.2, 0.25) is 0 Å². The summed E-state index contributed by atoms with van der Waals surface area (Å²) in [6.07, 6.45) is 1.87. The highest BCUT2D eigenvalue weighted by atomic mass is 16.3. The fraction of sp³-hybridized carbons (Fsp3) is 0.429. The van der Waals surface area contributed by atoms with Crippen LogP contribution in [0.25, 0.3) is 0 Å². The summed E-state index contributed by atoms with van der Waals surface area (Å²) < 4.78 is 5.32. The molecule has 0 saturated carbocycles. The van der Waals surface area contributed by atoms with Crippen LogP contribution in [-0.4, -0.2) is 48.8 Å². The maximum absolute atomic E-state index is 13.0. The number of amides is 2. The first-order valence-electron chi connectivity index (χ1n) is 9.33. The van der Waals surface area contributed by atoms with E-state index in [9.17, 15) is 9.59 Å². The number of furan rings is 1. The third-order valence-corrected chi connectivity index (χ3v) is 5.01. The highest BCUT2D eigenvalue weighted by Gasteiger charge is 2.36. The summed E-state index contributed by atoms with van der Waals surface area (Å²) in [5.41, 5.74) is 2.22. The van der Waals surface area contributed by atoms with Crippen LogP contribution in [0.4, 0.5) is 5.69 Å². The molecule has 27 heavy (non-hydrogen) atoms. The average Bonchev–Trinajstić information content (AvgIpc) is 3.30. The quantitative estimate of drug-likeness (QED) is 0.753. The van der Waals surface area contributed by atoms with Crippen molar-refractivity contribution in [1.82, 2.24) is 9.80 Å². The molecule has 2 heterocycles. The lowest BCUT2D eigenvalue weighted by molar-refractivity contribution is -0.136. The predicted molar refractivity (Wildman–Crippen MR) is 104 cm³/mol. The van der Waals surface area contributed by atoms with E-state index >= 15 is 0 Å². The topological polar surface area (TPSA) is 57.0 Å². The molecule has 0 aliphatic carbocycles. The second-order valence-electron chi connectivity index (χ2n) is 7.17. The molecule has 0 radical (unpaired) electrons. The Morgan fingerprint density at radius 2 is 1.96 bits per heavy atom. The first-order valence-corrected chi connectivity index (χ1v) is 9.33. The number of benzene rings is 1. The van der Waals surface area contributed by atoms with E-state index in [1.165, 1.54) is 0 Å². The van der Waals surface area contributed by atoms with Crippen molar-refractivity contribution >= 4 is 17.5 Å². The molecule has 2 amide bonds. The third kappa shape index (κ3) is 4.51. The summed E-state index contributed by atoms with van der Waals surface area (Å²) in [6.45, 7) is 4.04. The highest BCUT2D eigenvalue weighted by molar-refractivity contribution is 5.89. The number of carbonyl (C=O) groups excluding carboxylic acids is 2. The minimum absolute atomic E-state index is 0.0103. The fourth-order valence-electron chi connectivity index (χ4n) is 3.40. The molecule has 1 aromatic heterocycles. The zero-order valence-corrected chi connectivity index (χ0v) is 16.2. The van der Waals surface area contributed by atoms with Crippen LogP contribution >= 0.6 is 0 Å². The molecule has 144 valence electrons. The molecule has 2 aromatic rings. The van der Waals surface area contributed by atoms with Crippen LogP contribution in [0.3, 0.4) is 0 Å².